The number of rotatable bonds is 14. The van der Waals surface area contributed by atoms with Crippen molar-refractivity contribution in [3.63, 3.8) is 0 Å². The van der Waals surface area contributed by atoms with Crippen LogP contribution in [0.2, 0.25) is 0 Å². The molecule has 76 heavy (non-hydrogen) atoms. The third-order valence-corrected chi connectivity index (χ3v) is 14.4. The monoisotopic (exact) mass is 1140 g/mol. The van der Waals surface area contributed by atoms with Gasteiger partial charge in [-0.25, -0.2) is 18.7 Å². The lowest BCUT2D eigenvalue weighted by molar-refractivity contribution is 0.00578. The Hall–Kier alpha value is -6.97. The number of ether oxygens (including phenoxy) is 2. The summed E-state index contributed by atoms with van der Waals surface area (Å²) in [5.41, 5.74) is 8.02. The summed E-state index contributed by atoms with van der Waals surface area (Å²) in [5.74, 6) is 0.968. The first-order valence-electron chi connectivity index (χ1n) is 25.0. The van der Waals surface area contributed by atoms with E-state index in [0.29, 0.717) is 27.0 Å². The predicted octanol–water partition coefficient (Wildman–Crippen LogP) is 11.5. The number of aromatic nitrogens is 8. The number of aromatic amines is 2. The lowest BCUT2D eigenvalue weighted by atomic mass is 9.79. The molecule has 10 aromatic rings. The topological polar surface area (TPSA) is 152 Å². The molecule has 14 nitrogen and oxygen atoms in total. The van der Waals surface area contributed by atoms with Crippen LogP contribution in [0.3, 0.4) is 0 Å². The molecule has 0 amide bonds. The SMILES string of the molecule is CN(C)CCCOc1ccc(-c2c(F)cnc3[nH]c4cnc(-c5cccnc5)cc4c23)cc1.CN(C)CCCOc1ccc(B2OC(C)(C)C(C)(C)O2)cc1.Fc1cnc2[nH]c3cnc(-c4cccnc4)cc3c2c1I. The molecule has 0 atom stereocenters. The van der Waals surface area contributed by atoms with Crippen LogP contribution in [0, 0.1) is 15.2 Å². The quantitative estimate of drug-likeness (QED) is 0.0605. The summed E-state index contributed by atoms with van der Waals surface area (Å²) < 4.78 is 53.1. The lowest BCUT2D eigenvalue weighted by Gasteiger charge is -2.32. The molecule has 1 fully saturated rings. The van der Waals surface area contributed by atoms with Crippen LogP contribution in [-0.2, 0) is 9.31 Å². The first kappa shape index (κ1) is 53.8. The molecule has 0 unspecified atom stereocenters. The molecule has 2 N–H and O–H groups in total. The first-order valence-corrected chi connectivity index (χ1v) is 26.1. The summed E-state index contributed by atoms with van der Waals surface area (Å²) in [6, 6.07) is 27.1. The van der Waals surface area contributed by atoms with Crippen molar-refractivity contribution in [2.45, 2.75) is 51.7 Å². The van der Waals surface area contributed by atoms with Crippen LogP contribution in [0.25, 0.3) is 77.5 Å². The number of nitrogens with one attached hydrogen (secondary N) is 2. The average molecular weight is 1140 g/mol. The normalized spacial score (nSPS) is 13.8. The Morgan fingerprint density at radius 1 is 0.579 bits per heavy atom. The Labute approximate surface area is 454 Å². The van der Waals surface area contributed by atoms with Gasteiger partial charge in [-0.1, -0.05) is 24.3 Å². The van der Waals surface area contributed by atoms with Crippen molar-refractivity contribution in [3.8, 4) is 45.1 Å². The number of H-pyrrole nitrogens is 2. The molecule has 0 spiro atoms. The van der Waals surface area contributed by atoms with Gasteiger partial charge < -0.3 is 38.6 Å². The summed E-state index contributed by atoms with van der Waals surface area (Å²) in [7, 11) is 7.91. The van der Waals surface area contributed by atoms with Crippen LogP contribution < -0.4 is 14.9 Å². The zero-order valence-electron chi connectivity index (χ0n) is 43.9. The zero-order chi connectivity index (χ0) is 53.6. The number of benzene rings is 2. The number of hydrogen-bond donors (Lipinski definition) is 2. The van der Waals surface area contributed by atoms with Gasteiger partial charge in [0.2, 0.25) is 0 Å². The maximum atomic E-state index is 15.1. The Bertz CT molecular complexity index is 3550. The Morgan fingerprint density at radius 2 is 1.05 bits per heavy atom. The molecule has 1 saturated heterocycles. The minimum absolute atomic E-state index is 0.307. The van der Waals surface area contributed by atoms with Crippen molar-refractivity contribution in [3.05, 3.63) is 150 Å². The minimum atomic E-state index is -0.372. The molecule has 0 aliphatic carbocycles. The molecule has 390 valence electrons. The van der Waals surface area contributed by atoms with Crippen molar-refractivity contribution >= 4 is 79.0 Å². The first-order chi connectivity index (χ1) is 36.5. The molecular weight excluding hydrogens is 1080 g/mol. The highest BCUT2D eigenvalue weighted by molar-refractivity contribution is 14.1. The highest BCUT2D eigenvalue weighted by Crippen LogP contribution is 2.39. The van der Waals surface area contributed by atoms with Gasteiger partial charge in [0.15, 0.2) is 5.82 Å². The van der Waals surface area contributed by atoms with Crippen molar-refractivity contribution in [2.24, 2.45) is 0 Å². The van der Waals surface area contributed by atoms with E-state index in [-0.39, 0.29) is 30.0 Å². The van der Waals surface area contributed by atoms with E-state index in [1.807, 2.05) is 122 Å². The van der Waals surface area contributed by atoms with Gasteiger partial charge in [-0.3, -0.25) is 19.9 Å². The summed E-state index contributed by atoms with van der Waals surface area (Å²) in [6.07, 6.45) is 14.9. The largest absolute Gasteiger partial charge is 0.494 e. The Balaban J connectivity index is 0.000000145. The van der Waals surface area contributed by atoms with E-state index in [1.54, 1.807) is 37.2 Å². The van der Waals surface area contributed by atoms with E-state index in [2.05, 4.69) is 91.5 Å². The number of halogens is 3. The van der Waals surface area contributed by atoms with E-state index in [9.17, 15) is 4.39 Å². The van der Waals surface area contributed by atoms with Crippen molar-refractivity contribution in [2.75, 3.05) is 54.5 Å². The van der Waals surface area contributed by atoms with Gasteiger partial charge in [-0.15, -0.1) is 0 Å². The van der Waals surface area contributed by atoms with E-state index in [1.165, 1.54) is 12.4 Å². The maximum Gasteiger partial charge on any atom is 0.494 e. The van der Waals surface area contributed by atoms with Crippen LogP contribution >= 0.6 is 22.6 Å². The zero-order valence-corrected chi connectivity index (χ0v) is 46.0. The molecular formula is C58H60BF2IN10O4. The second-order valence-electron chi connectivity index (χ2n) is 20.0. The molecule has 0 bridgehead atoms. The van der Waals surface area contributed by atoms with Crippen molar-refractivity contribution in [1.82, 2.24) is 49.7 Å². The van der Waals surface area contributed by atoms with E-state index < -0.39 is 0 Å². The van der Waals surface area contributed by atoms with Gasteiger partial charge in [-0.2, -0.15) is 0 Å². The Morgan fingerprint density at radius 3 is 1.54 bits per heavy atom. The highest BCUT2D eigenvalue weighted by atomic mass is 127. The summed E-state index contributed by atoms with van der Waals surface area (Å²) >= 11 is 2.01. The molecule has 11 rings (SSSR count). The lowest BCUT2D eigenvalue weighted by Crippen LogP contribution is -2.41. The fourth-order valence-corrected chi connectivity index (χ4v) is 9.30. The molecule has 1 aliphatic rings. The van der Waals surface area contributed by atoms with Crippen LogP contribution in [0.5, 0.6) is 11.5 Å². The fourth-order valence-electron chi connectivity index (χ4n) is 8.62. The molecule has 0 saturated carbocycles. The van der Waals surface area contributed by atoms with Gasteiger partial charge in [0, 0.05) is 76.1 Å². The van der Waals surface area contributed by atoms with Crippen molar-refractivity contribution in [1.29, 1.82) is 0 Å². The van der Waals surface area contributed by atoms with E-state index in [0.717, 1.165) is 110 Å². The fraction of sp³-hybridized carbons (Fsp3) is 0.276. The highest BCUT2D eigenvalue weighted by Gasteiger charge is 2.51. The molecule has 8 aromatic heterocycles. The molecule has 18 heteroatoms. The molecule has 1 aliphatic heterocycles. The summed E-state index contributed by atoms with van der Waals surface area (Å²) in [4.78, 5) is 36.4. The van der Waals surface area contributed by atoms with Gasteiger partial charge in [0.25, 0.3) is 0 Å². The van der Waals surface area contributed by atoms with Crippen LogP contribution in [-0.4, -0.2) is 122 Å². The van der Waals surface area contributed by atoms with Crippen LogP contribution in [0.4, 0.5) is 8.78 Å². The van der Waals surface area contributed by atoms with Gasteiger partial charge in [0.05, 0.1) is 75.2 Å². The number of nitrogens with zero attached hydrogens (tertiary/aromatic N) is 8. The number of pyridine rings is 6. The van der Waals surface area contributed by atoms with Gasteiger partial charge in [-0.05, 0) is 163 Å². The van der Waals surface area contributed by atoms with Gasteiger partial charge in [0.1, 0.15) is 28.6 Å². The van der Waals surface area contributed by atoms with Gasteiger partial charge >= 0.3 is 7.12 Å². The second kappa shape index (κ2) is 23.5. The summed E-state index contributed by atoms with van der Waals surface area (Å²) in [6.45, 7) is 11.6. The van der Waals surface area contributed by atoms with Crippen molar-refractivity contribution < 1.29 is 27.6 Å². The third-order valence-electron chi connectivity index (χ3n) is 13.4. The number of fused-ring (bicyclic) bond motifs is 6. The minimum Gasteiger partial charge on any atom is -0.494 e. The molecule has 9 heterocycles. The Kier molecular flexibility index (Phi) is 16.7. The standard InChI is InChI=1S/C26H24FN5O.C17H28BNO3.C15H8FIN4/c1-32(2)11-4-12-33-19-8-6-17(7-9-19)24-21(27)15-30-26-25(24)20-13-22(29-16-23(20)31-26)18-5-3-10-28-14-18;1-16(2)17(3,4)22-18(21-16)14-8-10-15(11-9-14)20-13-7-12-19(5)6;16-10-6-20-15-13(14(10)17)9-4-11(19-7-12(9)21-15)8-2-1-3-18-5-8/h3,5-10,13-16H,4,11-12H2,1-2H3,(H,30,31);8-11H,7,12-13H2,1-6H3;1-7H,(H,20,21). The van der Waals surface area contributed by atoms with Crippen LogP contribution in [0.15, 0.2) is 135 Å². The van der Waals surface area contributed by atoms with E-state index >= 15 is 4.39 Å². The molecule has 0 radical (unpaired) electrons. The average Bonchev–Trinajstić information content (AvgIpc) is 4.08. The third kappa shape index (κ3) is 12.3. The molecule has 2 aromatic carbocycles. The smallest absolute Gasteiger partial charge is 0.494 e. The predicted molar refractivity (Wildman–Crippen MR) is 307 cm³/mol. The van der Waals surface area contributed by atoms with E-state index in [4.69, 9.17) is 18.8 Å². The maximum absolute atomic E-state index is 15.1. The summed E-state index contributed by atoms with van der Waals surface area (Å²) in [5, 5.41) is 3.30. The number of hydrogen-bond acceptors (Lipinski definition) is 12. The second-order valence-corrected chi connectivity index (χ2v) is 21.1. The van der Waals surface area contributed by atoms with Crippen LogP contribution in [0.1, 0.15) is 40.5 Å².